The van der Waals surface area contributed by atoms with Gasteiger partial charge in [0.25, 0.3) is 0 Å². The first-order valence-corrected chi connectivity index (χ1v) is 10.0. The van der Waals surface area contributed by atoms with Gasteiger partial charge < -0.3 is 10.2 Å². The predicted octanol–water partition coefficient (Wildman–Crippen LogP) is 2.64. The number of hydrogen-bond donors (Lipinski definition) is 1. The number of nitrogens with one attached hydrogen (secondary N) is 1. The van der Waals surface area contributed by atoms with Crippen LogP contribution in [-0.2, 0) is 5.41 Å². The van der Waals surface area contributed by atoms with Crippen LogP contribution in [0, 0.1) is 5.92 Å². The molecule has 1 saturated heterocycles. The van der Waals surface area contributed by atoms with Crippen LogP contribution in [0.3, 0.4) is 0 Å². The quantitative estimate of drug-likeness (QED) is 0.730. The average Bonchev–Trinajstić information content (AvgIpc) is 3.38. The van der Waals surface area contributed by atoms with Gasteiger partial charge in [-0.2, -0.15) is 4.52 Å². The maximum absolute atomic E-state index is 4.80. The average molecular weight is 378 g/mol. The Labute approximate surface area is 164 Å². The highest BCUT2D eigenvalue weighted by molar-refractivity contribution is 5.48. The first kappa shape index (κ1) is 17.3. The molecular weight excluding hydrogens is 352 g/mol. The third-order valence-corrected chi connectivity index (χ3v) is 5.45. The first-order chi connectivity index (χ1) is 13.5. The lowest BCUT2D eigenvalue weighted by Crippen LogP contribution is -2.50. The Morgan fingerprint density at radius 2 is 1.86 bits per heavy atom. The minimum atomic E-state index is -0.0948. The van der Waals surface area contributed by atoms with Gasteiger partial charge in [-0.1, -0.05) is 20.8 Å². The molecule has 0 unspecified atom stereocenters. The second kappa shape index (κ2) is 6.39. The van der Waals surface area contributed by atoms with E-state index >= 15 is 0 Å². The van der Waals surface area contributed by atoms with Crippen molar-refractivity contribution < 1.29 is 0 Å². The molecule has 28 heavy (non-hydrogen) atoms. The number of fused-ring (bicyclic) bond motifs is 1. The maximum Gasteiger partial charge on any atom is 0.178 e. The van der Waals surface area contributed by atoms with E-state index in [2.05, 4.69) is 51.2 Å². The summed E-state index contributed by atoms with van der Waals surface area (Å²) in [6.45, 7) is 9.27. The molecule has 1 saturated carbocycles. The van der Waals surface area contributed by atoms with Crippen LogP contribution in [0.5, 0.6) is 0 Å². The van der Waals surface area contributed by atoms with Crippen molar-refractivity contribution in [2.75, 3.05) is 29.9 Å². The highest BCUT2D eigenvalue weighted by Crippen LogP contribution is 2.41. The molecule has 0 bridgehead atoms. The second-order valence-corrected chi connectivity index (χ2v) is 8.95. The van der Waals surface area contributed by atoms with Gasteiger partial charge in [0.15, 0.2) is 11.5 Å². The molecule has 3 aromatic rings. The van der Waals surface area contributed by atoms with Crippen LogP contribution in [0.1, 0.15) is 51.0 Å². The van der Waals surface area contributed by atoms with Crippen LogP contribution in [0.4, 0.5) is 11.6 Å². The molecule has 146 valence electrons. The molecule has 1 aliphatic carbocycles. The minimum Gasteiger partial charge on any atom is -0.368 e. The third-order valence-electron chi connectivity index (χ3n) is 5.45. The van der Waals surface area contributed by atoms with E-state index < -0.39 is 0 Å². The Kier molecular flexibility index (Phi) is 3.96. The van der Waals surface area contributed by atoms with Crippen molar-refractivity contribution in [1.29, 1.82) is 0 Å². The van der Waals surface area contributed by atoms with Crippen LogP contribution in [-0.4, -0.2) is 49.4 Å². The Bertz CT molecular complexity index is 995. The first-order valence-electron chi connectivity index (χ1n) is 10.0. The lowest BCUT2D eigenvalue weighted by Gasteiger charge is -2.40. The number of nitrogens with zero attached hydrogens (tertiary/aromatic N) is 7. The zero-order valence-electron chi connectivity index (χ0n) is 16.6. The van der Waals surface area contributed by atoms with Gasteiger partial charge in [-0.3, -0.25) is 4.98 Å². The smallest absolute Gasteiger partial charge is 0.178 e. The van der Waals surface area contributed by atoms with Gasteiger partial charge in [0, 0.05) is 49.3 Å². The van der Waals surface area contributed by atoms with E-state index in [1.54, 1.807) is 12.4 Å². The minimum absolute atomic E-state index is 0.0948. The summed E-state index contributed by atoms with van der Waals surface area (Å²) in [5.74, 6) is 4.01. The molecule has 0 radical (unpaired) electrons. The highest BCUT2D eigenvalue weighted by atomic mass is 15.4. The molecule has 2 aliphatic rings. The second-order valence-electron chi connectivity index (χ2n) is 8.95. The number of hydrogen-bond acceptors (Lipinski definition) is 7. The summed E-state index contributed by atoms with van der Waals surface area (Å²) >= 11 is 0. The third kappa shape index (κ3) is 3.16. The maximum atomic E-state index is 4.80. The number of rotatable bonds is 5. The molecule has 0 atom stereocenters. The summed E-state index contributed by atoms with van der Waals surface area (Å²) in [7, 11) is 0. The van der Waals surface area contributed by atoms with Gasteiger partial charge in [-0.05, 0) is 25.0 Å². The van der Waals surface area contributed by atoms with Crippen LogP contribution < -0.4 is 10.2 Å². The zero-order valence-corrected chi connectivity index (χ0v) is 16.6. The van der Waals surface area contributed by atoms with Crippen LogP contribution in [0.25, 0.3) is 5.65 Å². The van der Waals surface area contributed by atoms with Crippen molar-refractivity contribution in [3.63, 3.8) is 0 Å². The summed E-state index contributed by atoms with van der Waals surface area (Å²) in [5, 5.41) is 16.9. The molecule has 0 spiro atoms. The number of aromatic nitrogens is 6. The number of anilines is 2. The summed E-state index contributed by atoms with van der Waals surface area (Å²) in [6, 6.07) is 4.03. The monoisotopic (exact) mass is 378 g/mol. The molecule has 8 nitrogen and oxygen atoms in total. The Balaban J connectivity index is 1.23. The zero-order chi connectivity index (χ0) is 19.3. The van der Waals surface area contributed by atoms with Crippen molar-refractivity contribution >= 4 is 17.3 Å². The van der Waals surface area contributed by atoms with Crippen molar-refractivity contribution in [2.45, 2.75) is 44.9 Å². The Morgan fingerprint density at radius 1 is 1.07 bits per heavy atom. The van der Waals surface area contributed by atoms with E-state index in [0.29, 0.717) is 11.8 Å². The fourth-order valence-corrected chi connectivity index (χ4v) is 3.68. The molecule has 8 heteroatoms. The Morgan fingerprint density at radius 3 is 2.61 bits per heavy atom. The van der Waals surface area contributed by atoms with Crippen LogP contribution in [0.2, 0.25) is 0 Å². The topological polar surface area (TPSA) is 84.1 Å². The standard InChI is InChI=1S/C20H26N8/c1-20(2,3)19-25-24-15-6-7-16(26-28(15)19)27-11-13(12-27)10-23-18-17(14-4-5-14)21-8-9-22-18/h6-9,13-14H,4-5,10-12H2,1-3H3,(H,22,23). The van der Waals surface area contributed by atoms with Crippen molar-refractivity contribution in [3.8, 4) is 0 Å². The van der Waals surface area contributed by atoms with Crippen molar-refractivity contribution in [2.24, 2.45) is 5.92 Å². The summed E-state index contributed by atoms with van der Waals surface area (Å²) < 4.78 is 1.88. The molecule has 3 aromatic heterocycles. The summed E-state index contributed by atoms with van der Waals surface area (Å²) in [6.07, 6.45) is 6.03. The van der Waals surface area contributed by atoms with Gasteiger partial charge in [-0.15, -0.1) is 15.3 Å². The lowest BCUT2D eigenvalue weighted by atomic mass is 9.96. The molecule has 1 aliphatic heterocycles. The highest BCUT2D eigenvalue weighted by Gasteiger charge is 2.31. The Hall–Kier alpha value is -2.77. The van der Waals surface area contributed by atoms with E-state index in [9.17, 15) is 0 Å². The van der Waals surface area contributed by atoms with Crippen LogP contribution >= 0.6 is 0 Å². The fourth-order valence-electron chi connectivity index (χ4n) is 3.68. The van der Waals surface area contributed by atoms with E-state index in [0.717, 1.165) is 48.4 Å². The molecule has 5 rings (SSSR count). The van der Waals surface area contributed by atoms with E-state index in [1.807, 2.05) is 16.6 Å². The van der Waals surface area contributed by atoms with Crippen molar-refractivity contribution in [3.05, 3.63) is 36.0 Å². The summed E-state index contributed by atoms with van der Waals surface area (Å²) in [4.78, 5) is 11.3. The van der Waals surface area contributed by atoms with E-state index in [-0.39, 0.29) is 5.41 Å². The van der Waals surface area contributed by atoms with Gasteiger partial charge in [0.2, 0.25) is 0 Å². The SMILES string of the molecule is CC(C)(C)c1nnc2ccc(N3CC(CNc4nccnc4C4CC4)C3)nn12. The molecular formula is C20H26N8. The molecule has 2 fully saturated rings. The van der Waals surface area contributed by atoms with Crippen molar-refractivity contribution in [1.82, 2.24) is 29.8 Å². The molecule has 1 N–H and O–H groups in total. The van der Waals surface area contributed by atoms with E-state index in [4.69, 9.17) is 5.10 Å². The molecule has 0 aromatic carbocycles. The van der Waals surface area contributed by atoms with Gasteiger partial charge >= 0.3 is 0 Å². The largest absolute Gasteiger partial charge is 0.368 e. The lowest BCUT2D eigenvalue weighted by molar-refractivity contribution is 0.423. The van der Waals surface area contributed by atoms with Gasteiger partial charge in [0.1, 0.15) is 11.6 Å². The normalized spacial score (nSPS) is 17.8. The molecule has 0 amide bonds. The van der Waals surface area contributed by atoms with Gasteiger partial charge in [-0.25, -0.2) is 4.98 Å². The van der Waals surface area contributed by atoms with E-state index in [1.165, 1.54) is 12.8 Å². The van der Waals surface area contributed by atoms with Gasteiger partial charge in [0.05, 0.1) is 5.69 Å². The fraction of sp³-hybridized carbons (Fsp3) is 0.550. The predicted molar refractivity (Wildman–Crippen MR) is 108 cm³/mol. The van der Waals surface area contributed by atoms with Crippen LogP contribution in [0.15, 0.2) is 24.5 Å². The summed E-state index contributed by atoms with van der Waals surface area (Å²) in [5.41, 5.74) is 1.83. The molecule has 4 heterocycles.